The predicted molar refractivity (Wildman–Crippen MR) is 127 cm³/mol. The van der Waals surface area contributed by atoms with Crippen LogP contribution in [0.4, 0.5) is 0 Å². The van der Waals surface area contributed by atoms with E-state index >= 15 is 0 Å². The highest BCUT2D eigenvalue weighted by atomic mass is 127. The van der Waals surface area contributed by atoms with E-state index in [1.165, 1.54) is 0 Å². The monoisotopic (exact) mass is 497 g/mol. The van der Waals surface area contributed by atoms with Crippen LogP contribution in [0.5, 0.6) is 0 Å². The van der Waals surface area contributed by atoms with E-state index in [-0.39, 0.29) is 29.5 Å². The number of hydrogen-bond acceptors (Lipinski definition) is 4. The molecule has 0 aromatic carbocycles. The molecule has 0 aromatic rings. The molecule has 1 fully saturated rings. The van der Waals surface area contributed by atoms with Crippen LogP contribution in [-0.4, -0.2) is 85.9 Å². The van der Waals surface area contributed by atoms with Gasteiger partial charge in [0.1, 0.15) is 0 Å². The maximum atomic E-state index is 5.47. The van der Waals surface area contributed by atoms with Crippen LogP contribution >= 0.6 is 24.0 Å². The zero-order chi connectivity index (χ0) is 19.6. The van der Waals surface area contributed by atoms with E-state index in [2.05, 4.69) is 68.9 Å². The van der Waals surface area contributed by atoms with Gasteiger partial charge in [-0.3, -0.25) is 14.8 Å². The fourth-order valence-electron chi connectivity index (χ4n) is 3.46. The summed E-state index contributed by atoms with van der Waals surface area (Å²) in [5, 5.41) is 6.87. The average Bonchev–Trinajstić information content (AvgIpc) is 2.59. The van der Waals surface area contributed by atoms with Crippen LogP contribution in [0.25, 0.3) is 0 Å². The lowest BCUT2D eigenvalue weighted by atomic mass is 10.0. The van der Waals surface area contributed by atoms with Crippen LogP contribution in [0.3, 0.4) is 0 Å². The van der Waals surface area contributed by atoms with Crippen LogP contribution in [0.2, 0.25) is 0 Å². The SMILES string of the molecule is CCNC(=NCC(C)(C)N1CCOCC1)NCCCN(C(C)C)C(C)C.I. The molecule has 6 nitrogen and oxygen atoms in total. The lowest BCUT2D eigenvalue weighted by Crippen LogP contribution is -2.52. The first kappa shape index (κ1) is 26.9. The summed E-state index contributed by atoms with van der Waals surface area (Å²) < 4.78 is 5.47. The van der Waals surface area contributed by atoms with Gasteiger partial charge in [-0.05, 0) is 54.9 Å². The highest BCUT2D eigenvalue weighted by Crippen LogP contribution is 2.16. The van der Waals surface area contributed by atoms with E-state index in [9.17, 15) is 0 Å². The van der Waals surface area contributed by atoms with Gasteiger partial charge in [0.2, 0.25) is 0 Å². The highest BCUT2D eigenvalue weighted by molar-refractivity contribution is 14.0. The molecule has 27 heavy (non-hydrogen) atoms. The Hall–Kier alpha value is -0.120. The summed E-state index contributed by atoms with van der Waals surface area (Å²) in [5.74, 6) is 0.925. The van der Waals surface area contributed by atoms with Crippen molar-refractivity contribution in [3.63, 3.8) is 0 Å². The fraction of sp³-hybridized carbons (Fsp3) is 0.950. The molecule has 1 heterocycles. The second-order valence-electron chi connectivity index (χ2n) is 8.31. The standard InChI is InChI=1S/C20H43N5O.HI/c1-8-21-19(22-10-9-11-25(17(2)3)18(4)5)23-16-20(6,7)24-12-14-26-15-13-24;/h17-18H,8-16H2,1-7H3,(H2,21,22,23);1H. The van der Waals surface area contributed by atoms with Crippen molar-refractivity contribution in [2.24, 2.45) is 4.99 Å². The Bertz CT molecular complexity index is 401. The van der Waals surface area contributed by atoms with Crippen molar-refractivity contribution in [3.05, 3.63) is 0 Å². The van der Waals surface area contributed by atoms with Crippen molar-refractivity contribution in [1.82, 2.24) is 20.4 Å². The molecule has 0 radical (unpaired) electrons. The molecular weight excluding hydrogens is 453 g/mol. The van der Waals surface area contributed by atoms with Crippen molar-refractivity contribution >= 4 is 29.9 Å². The molecule has 0 atom stereocenters. The lowest BCUT2D eigenvalue weighted by Gasteiger charge is -2.39. The Morgan fingerprint density at radius 3 is 2.22 bits per heavy atom. The zero-order valence-electron chi connectivity index (χ0n) is 18.7. The normalized spacial score (nSPS) is 16.7. The number of rotatable bonds is 10. The third-order valence-corrected chi connectivity index (χ3v) is 5.05. The van der Waals surface area contributed by atoms with Crippen molar-refractivity contribution in [3.8, 4) is 0 Å². The number of ether oxygens (including phenoxy) is 1. The topological polar surface area (TPSA) is 52.1 Å². The summed E-state index contributed by atoms with van der Waals surface area (Å²) in [6.07, 6.45) is 1.12. The number of nitrogens with zero attached hydrogens (tertiary/aromatic N) is 3. The van der Waals surface area contributed by atoms with Crippen LogP contribution in [0, 0.1) is 0 Å². The van der Waals surface area contributed by atoms with Gasteiger partial charge in [-0.25, -0.2) is 0 Å². The first-order chi connectivity index (χ1) is 12.3. The summed E-state index contributed by atoms with van der Waals surface area (Å²) in [5.41, 5.74) is 0.0538. The van der Waals surface area contributed by atoms with Gasteiger partial charge in [-0.1, -0.05) is 0 Å². The largest absolute Gasteiger partial charge is 0.379 e. The first-order valence-corrected chi connectivity index (χ1v) is 10.4. The molecule has 0 aliphatic carbocycles. The quantitative estimate of drug-likeness (QED) is 0.211. The molecule has 0 amide bonds. The molecule has 1 aliphatic heterocycles. The number of morpholine rings is 1. The maximum Gasteiger partial charge on any atom is 0.191 e. The Balaban J connectivity index is 0.00000676. The van der Waals surface area contributed by atoms with Gasteiger partial charge >= 0.3 is 0 Å². The lowest BCUT2D eigenvalue weighted by molar-refractivity contribution is -0.00683. The Morgan fingerprint density at radius 2 is 1.70 bits per heavy atom. The van der Waals surface area contributed by atoms with Gasteiger partial charge in [0.05, 0.1) is 19.8 Å². The third kappa shape index (κ3) is 10.3. The minimum Gasteiger partial charge on any atom is -0.379 e. The van der Waals surface area contributed by atoms with Crippen molar-refractivity contribution in [1.29, 1.82) is 0 Å². The number of hydrogen-bond donors (Lipinski definition) is 2. The molecule has 0 aromatic heterocycles. The average molecular weight is 498 g/mol. The van der Waals surface area contributed by atoms with Crippen LogP contribution < -0.4 is 10.6 Å². The molecule has 162 valence electrons. The third-order valence-electron chi connectivity index (χ3n) is 5.05. The van der Waals surface area contributed by atoms with Gasteiger partial charge in [-0.15, -0.1) is 24.0 Å². The Morgan fingerprint density at radius 1 is 1.11 bits per heavy atom. The first-order valence-electron chi connectivity index (χ1n) is 10.4. The number of nitrogens with one attached hydrogen (secondary N) is 2. The summed E-state index contributed by atoms with van der Waals surface area (Å²) >= 11 is 0. The maximum absolute atomic E-state index is 5.47. The predicted octanol–water partition coefficient (Wildman–Crippen LogP) is 2.78. The minimum atomic E-state index is 0. The number of aliphatic imine (C=N–C) groups is 1. The number of halogens is 1. The van der Waals surface area contributed by atoms with Gasteiger partial charge < -0.3 is 15.4 Å². The Labute approximate surface area is 184 Å². The molecule has 2 N–H and O–H groups in total. The van der Waals surface area contributed by atoms with Crippen LogP contribution in [0.1, 0.15) is 54.9 Å². The van der Waals surface area contributed by atoms with Gasteiger partial charge in [0, 0.05) is 50.3 Å². The van der Waals surface area contributed by atoms with Crippen molar-refractivity contribution in [2.75, 3.05) is 52.5 Å². The summed E-state index contributed by atoms with van der Waals surface area (Å²) in [6, 6.07) is 1.18. The molecule has 7 heteroatoms. The van der Waals surface area contributed by atoms with E-state index in [0.29, 0.717) is 12.1 Å². The van der Waals surface area contributed by atoms with E-state index < -0.39 is 0 Å². The molecule has 0 spiro atoms. The van der Waals surface area contributed by atoms with Crippen molar-refractivity contribution < 1.29 is 4.74 Å². The second kappa shape index (κ2) is 14.0. The second-order valence-corrected chi connectivity index (χ2v) is 8.31. The fourth-order valence-corrected chi connectivity index (χ4v) is 3.46. The molecule has 1 rings (SSSR count). The number of guanidine groups is 1. The van der Waals surface area contributed by atoms with E-state index in [1.807, 2.05) is 0 Å². The molecular formula is C20H44IN5O. The van der Waals surface area contributed by atoms with Gasteiger partial charge in [-0.2, -0.15) is 0 Å². The van der Waals surface area contributed by atoms with Crippen molar-refractivity contribution in [2.45, 2.75) is 72.5 Å². The van der Waals surface area contributed by atoms with Crippen LogP contribution in [0.15, 0.2) is 4.99 Å². The minimum absolute atomic E-state index is 0. The van der Waals surface area contributed by atoms with Gasteiger partial charge in [0.15, 0.2) is 5.96 Å². The zero-order valence-corrected chi connectivity index (χ0v) is 21.0. The highest BCUT2D eigenvalue weighted by Gasteiger charge is 2.28. The molecule has 1 saturated heterocycles. The van der Waals surface area contributed by atoms with Gasteiger partial charge in [0.25, 0.3) is 0 Å². The molecule has 1 aliphatic rings. The summed E-state index contributed by atoms with van der Waals surface area (Å²) in [7, 11) is 0. The Kier molecular flexibility index (Phi) is 13.9. The summed E-state index contributed by atoms with van der Waals surface area (Å²) in [4.78, 5) is 9.86. The van der Waals surface area contributed by atoms with E-state index in [0.717, 1.165) is 64.9 Å². The van der Waals surface area contributed by atoms with Crippen LogP contribution in [-0.2, 0) is 4.74 Å². The summed E-state index contributed by atoms with van der Waals surface area (Å²) in [6.45, 7) is 23.1. The molecule has 0 unspecified atom stereocenters. The molecule has 0 bridgehead atoms. The molecule has 0 saturated carbocycles. The smallest absolute Gasteiger partial charge is 0.191 e. The van der Waals surface area contributed by atoms with E-state index in [4.69, 9.17) is 9.73 Å². The van der Waals surface area contributed by atoms with E-state index in [1.54, 1.807) is 0 Å².